The fraction of sp³-hybridized carbons (Fsp3) is 0.615. The number of rotatable bonds is 3. The molecule has 0 aromatic carbocycles. The van der Waals surface area contributed by atoms with E-state index in [-0.39, 0.29) is 11.9 Å². The highest BCUT2D eigenvalue weighted by molar-refractivity contribution is 5.85. The van der Waals surface area contributed by atoms with Gasteiger partial charge in [0.1, 0.15) is 11.6 Å². The molecule has 0 radical (unpaired) electrons. The number of imidazole rings is 1. The van der Waals surface area contributed by atoms with Gasteiger partial charge in [0, 0.05) is 13.6 Å². The maximum absolute atomic E-state index is 12.1. The highest BCUT2D eigenvalue weighted by Gasteiger charge is 2.29. The molecule has 108 valence electrons. The minimum absolute atomic E-state index is 0.0143. The van der Waals surface area contributed by atoms with Gasteiger partial charge in [0.2, 0.25) is 11.9 Å². The number of hydrogen-bond acceptors (Lipinski definition) is 4. The van der Waals surface area contributed by atoms with Crippen LogP contribution >= 0.6 is 0 Å². The molecule has 3 rings (SSSR count). The Morgan fingerprint density at radius 2 is 2.30 bits per heavy atom. The van der Waals surface area contributed by atoms with Crippen LogP contribution < -0.4 is 11.1 Å². The Morgan fingerprint density at radius 3 is 3.00 bits per heavy atom. The molecule has 7 nitrogen and oxygen atoms in total. The van der Waals surface area contributed by atoms with Crippen molar-refractivity contribution in [3.8, 4) is 0 Å². The summed E-state index contributed by atoms with van der Waals surface area (Å²) in [5, 5.41) is 7.40. The minimum atomic E-state index is -0.279. The highest BCUT2D eigenvalue weighted by Crippen LogP contribution is 2.29. The lowest BCUT2D eigenvalue weighted by Gasteiger charge is -2.24. The Morgan fingerprint density at radius 1 is 1.50 bits per heavy atom. The topological polar surface area (TPSA) is 90.8 Å². The zero-order valence-electron chi connectivity index (χ0n) is 11.9. The number of fused-ring (bicyclic) bond motifs is 1. The Bertz CT molecular complexity index is 655. The lowest BCUT2D eigenvalue weighted by molar-refractivity contribution is -0.125. The molecule has 2 aromatic heterocycles. The molecule has 1 atom stereocenters. The third kappa shape index (κ3) is 1.85. The van der Waals surface area contributed by atoms with Crippen LogP contribution in [0.4, 0.5) is 5.95 Å². The van der Waals surface area contributed by atoms with Crippen LogP contribution in [0.25, 0.3) is 11.2 Å². The molecule has 0 saturated carbocycles. The maximum atomic E-state index is 12.1. The number of anilines is 1. The lowest BCUT2D eigenvalue weighted by atomic mass is 10.1. The summed E-state index contributed by atoms with van der Waals surface area (Å²) in [6.45, 7) is 2.84. The molecule has 7 heteroatoms. The number of aromatic nitrogens is 4. The van der Waals surface area contributed by atoms with Gasteiger partial charge < -0.3 is 11.1 Å². The van der Waals surface area contributed by atoms with E-state index in [0.717, 1.165) is 49.1 Å². The lowest BCUT2D eigenvalue weighted by Crippen LogP contribution is -2.38. The van der Waals surface area contributed by atoms with Crippen molar-refractivity contribution in [1.29, 1.82) is 0 Å². The smallest absolute Gasteiger partial charge is 0.243 e. The van der Waals surface area contributed by atoms with Crippen LogP contribution in [0.1, 0.15) is 37.9 Å². The second-order valence-corrected chi connectivity index (χ2v) is 5.28. The number of carbonyl (C=O) groups excluding carboxylic acids is 1. The standard InChI is InChI=1S/C13H20N6O/c1-3-5-8-10-12(18(2)17-8)19(13(14)16-10)9-6-4-7-15-11(9)20/h9H,3-7H2,1-2H3,(H2,14,16)(H,15,20). The summed E-state index contributed by atoms with van der Waals surface area (Å²) in [6.07, 6.45) is 3.61. The molecule has 1 fully saturated rings. The second-order valence-electron chi connectivity index (χ2n) is 5.28. The number of nitrogens with two attached hydrogens (primary N) is 1. The van der Waals surface area contributed by atoms with Crippen molar-refractivity contribution in [2.24, 2.45) is 7.05 Å². The summed E-state index contributed by atoms with van der Waals surface area (Å²) in [7, 11) is 1.87. The average Bonchev–Trinajstić information content (AvgIpc) is 2.89. The fourth-order valence-corrected chi connectivity index (χ4v) is 2.93. The van der Waals surface area contributed by atoms with E-state index >= 15 is 0 Å². The number of hydrogen-bond donors (Lipinski definition) is 2. The first-order valence-electron chi connectivity index (χ1n) is 7.10. The number of carbonyl (C=O) groups is 1. The van der Waals surface area contributed by atoms with Gasteiger partial charge in [-0.15, -0.1) is 0 Å². The molecule has 1 unspecified atom stereocenters. The van der Waals surface area contributed by atoms with E-state index in [1.165, 1.54) is 0 Å². The fourth-order valence-electron chi connectivity index (χ4n) is 2.93. The van der Waals surface area contributed by atoms with E-state index in [2.05, 4.69) is 22.3 Å². The number of aryl methyl sites for hydroxylation is 2. The van der Waals surface area contributed by atoms with Gasteiger partial charge in [-0.1, -0.05) is 13.3 Å². The van der Waals surface area contributed by atoms with Crippen molar-refractivity contribution >= 4 is 23.0 Å². The first kappa shape index (κ1) is 13.0. The van der Waals surface area contributed by atoms with Gasteiger partial charge in [-0.2, -0.15) is 5.10 Å². The predicted octanol–water partition coefficient (Wildman–Crippen LogP) is 0.756. The Hall–Kier alpha value is -2.05. The normalized spacial score (nSPS) is 19.5. The third-order valence-corrected chi connectivity index (χ3v) is 3.82. The van der Waals surface area contributed by atoms with E-state index in [9.17, 15) is 4.79 Å². The molecule has 1 aliphatic heterocycles. The van der Waals surface area contributed by atoms with Gasteiger partial charge in [0.05, 0.1) is 5.69 Å². The molecule has 0 bridgehead atoms. The molecule has 0 aliphatic carbocycles. The first-order chi connectivity index (χ1) is 9.63. The molecule has 1 amide bonds. The largest absolute Gasteiger partial charge is 0.369 e. The first-order valence-corrected chi connectivity index (χ1v) is 7.10. The van der Waals surface area contributed by atoms with Crippen molar-refractivity contribution in [3.05, 3.63) is 5.69 Å². The number of nitrogen functional groups attached to an aromatic ring is 1. The molecular weight excluding hydrogens is 256 g/mol. The molecular formula is C13H20N6O. The summed E-state index contributed by atoms with van der Waals surface area (Å²) >= 11 is 0. The van der Waals surface area contributed by atoms with E-state index in [4.69, 9.17) is 5.73 Å². The predicted molar refractivity (Wildman–Crippen MR) is 76.2 cm³/mol. The molecule has 3 heterocycles. The van der Waals surface area contributed by atoms with Gasteiger partial charge >= 0.3 is 0 Å². The number of piperidine rings is 1. The van der Waals surface area contributed by atoms with Gasteiger partial charge in [-0.25, -0.2) is 4.98 Å². The van der Waals surface area contributed by atoms with Crippen molar-refractivity contribution in [1.82, 2.24) is 24.6 Å². The van der Waals surface area contributed by atoms with E-state index < -0.39 is 0 Å². The van der Waals surface area contributed by atoms with Gasteiger partial charge in [-0.05, 0) is 19.3 Å². The van der Waals surface area contributed by atoms with Crippen LogP contribution in [0, 0.1) is 0 Å². The summed E-state index contributed by atoms with van der Waals surface area (Å²) in [5.41, 5.74) is 8.67. The summed E-state index contributed by atoms with van der Waals surface area (Å²) < 4.78 is 3.61. The molecule has 1 saturated heterocycles. The molecule has 3 N–H and O–H groups in total. The third-order valence-electron chi connectivity index (χ3n) is 3.82. The van der Waals surface area contributed by atoms with Crippen molar-refractivity contribution in [3.63, 3.8) is 0 Å². The summed E-state index contributed by atoms with van der Waals surface area (Å²) in [4.78, 5) is 16.5. The maximum Gasteiger partial charge on any atom is 0.243 e. The SMILES string of the molecule is CCCc1nn(C)c2c1nc(N)n2C1CCCNC1=O. The molecule has 1 aliphatic rings. The number of nitrogens with one attached hydrogen (secondary N) is 1. The van der Waals surface area contributed by atoms with Gasteiger partial charge in [-0.3, -0.25) is 14.0 Å². The molecule has 2 aromatic rings. The zero-order valence-corrected chi connectivity index (χ0v) is 11.9. The Balaban J connectivity index is 2.15. The van der Waals surface area contributed by atoms with Gasteiger partial charge in [0.25, 0.3) is 0 Å². The van der Waals surface area contributed by atoms with Crippen LogP contribution in [-0.4, -0.2) is 31.8 Å². The van der Waals surface area contributed by atoms with Crippen molar-refractivity contribution < 1.29 is 4.79 Å². The van der Waals surface area contributed by atoms with Crippen LogP contribution in [0.2, 0.25) is 0 Å². The average molecular weight is 276 g/mol. The number of nitrogens with zero attached hydrogens (tertiary/aromatic N) is 4. The van der Waals surface area contributed by atoms with Crippen LogP contribution in [-0.2, 0) is 18.3 Å². The quantitative estimate of drug-likeness (QED) is 0.865. The second kappa shape index (κ2) is 4.81. The van der Waals surface area contributed by atoms with E-state index in [0.29, 0.717) is 5.95 Å². The van der Waals surface area contributed by atoms with E-state index in [1.807, 2.05) is 11.6 Å². The van der Waals surface area contributed by atoms with Crippen LogP contribution in [0.3, 0.4) is 0 Å². The van der Waals surface area contributed by atoms with Crippen LogP contribution in [0.5, 0.6) is 0 Å². The van der Waals surface area contributed by atoms with Crippen molar-refractivity contribution in [2.75, 3.05) is 12.3 Å². The van der Waals surface area contributed by atoms with Crippen LogP contribution in [0.15, 0.2) is 0 Å². The summed E-state index contributed by atoms with van der Waals surface area (Å²) in [6, 6.07) is -0.279. The highest BCUT2D eigenvalue weighted by atomic mass is 16.2. The van der Waals surface area contributed by atoms with E-state index in [1.54, 1.807) is 4.68 Å². The molecule has 0 spiro atoms. The summed E-state index contributed by atoms with van der Waals surface area (Å²) in [5.74, 6) is 0.410. The van der Waals surface area contributed by atoms with Crippen molar-refractivity contribution in [2.45, 2.75) is 38.6 Å². The Labute approximate surface area is 117 Å². The zero-order chi connectivity index (χ0) is 14.3. The minimum Gasteiger partial charge on any atom is -0.369 e. The Kier molecular flexibility index (Phi) is 3.11. The monoisotopic (exact) mass is 276 g/mol. The molecule has 20 heavy (non-hydrogen) atoms. The van der Waals surface area contributed by atoms with Gasteiger partial charge in [0.15, 0.2) is 5.65 Å². The number of amides is 1.